The molecule has 3 rings (SSSR count). The number of sulfonamides is 1. The second-order valence-corrected chi connectivity index (χ2v) is 9.39. The van der Waals surface area contributed by atoms with Gasteiger partial charge in [0.1, 0.15) is 0 Å². The lowest BCUT2D eigenvalue weighted by molar-refractivity contribution is -0.123. The third kappa shape index (κ3) is 5.53. The zero-order valence-corrected chi connectivity index (χ0v) is 16.2. The van der Waals surface area contributed by atoms with Gasteiger partial charge < -0.3 is 5.32 Å². The summed E-state index contributed by atoms with van der Waals surface area (Å²) in [5.41, 5.74) is 1.17. The molecule has 1 aliphatic carbocycles. The Morgan fingerprint density at radius 3 is 2.54 bits per heavy atom. The summed E-state index contributed by atoms with van der Waals surface area (Å²) >= 11 is 0. The first-order valence-corrected chi connectivity index (χ1v) is 11.3. The molecule has 2 atom stereocenters. The van der Waals surface area contributed by atoms with Crippen LogP contribution in [-0.4, -0.2) is 51.2 Å². The van der Waals surface area contributed by atoms with Crippen LogP contribution in [0.3, 0.4) is 0 Å². The number of hydrogen-bond donors (Lipinski definition) is 2. The van der Waals surface area contributed by atoms with Gasteiger partial charge in [-0.1, -0.05) is 43.2 Å². The number of rotatable bonds is 7. The maximum atomic E-state index is 12.6. The highest BCUT2D eigenvalue weighted by atomic mass is 32.2. The smallest absolute Gasteiger partial charge is 0.234 e. The Hall–Kier alpha value is -1.44. The molecule has 1 unspecified atom stereocenters. The fourth-order valence-electron chi connectivity index (χ4n) is 4.22. The summed E-state index contributed by atoms with van der Waals surface area (Å²) in [4.78, 5) is 14.7. The molecule has 1 saturated carbocycles. The van der Waals surface area contributed by atoms with Gasteiger partial charge in [0, 0.05) is 19.1 Å². The Morgan fingerprint density at radius 2 is 1.88 bits per heavy atom. The van der Waals surface area contributed by atoms with Crippen LogP contribution in [0.15, 0.2) is 30.3 Å². The van der Waals surface area contributed by atoms with Crippen molar-refractivity contribution in [3.05, 3.63) is 35.9 Å². The predicted molar refractivity (Wildman–Crippen MR) is 102 cm³/mol. The Morgan fingerprint density at radius 1 is 1.19 bits per heavy atom. The van der Waals surface area contributed by atoms with E-state index in [1.165, 1.54) is 24.7 Å². The van der Waals surface area contributed by atoms with E-state index in [0.29, 0.717) is 19.0 Å². The van der Waals surface area contributed by atoms with Gasteiger partial charge in [-0.15, -0.1) is 0 Å². The maximum absolute atomic E-state index is 12.6. The third-order valence-electron chi connectivity index (χ3n) is 5.37. The van der Waals surface area contributed by atoms with E-state index in [1.54, 1.807) is 0 Å². The van der Waals surface area contributed by atoms with E-state index < -0.39 is 10.0 Å². The summed E-state index contributed by atoms with van der Waals surface area (Å²) in [6.07, 6.45) is 6.69. The van der Waals surface area contributed by atoms with Crippen molar-refractivity contribution in [1.29, 1.82) is 0 Å². The third-order valence-corrected chi connectivity index (χ3v) is 6.13. The van der Waals surface area contributed by atoms with Crippen LogP contribution in [0.25, 0.3) is 0 Å². The van der Waals surface area contributed by atoms with E-state index in [2.05, 4.69) is 22.2 Å². The minimum absolute atomic E-state index is 0.0192. The molecule has 0 bridgehead atoms. The lowest BCUT2D eigenvalue weighted by atomic mass is 9.91. The van der Waals surface area contributed by atoms with Crippen LogP contribution in [-0.2, 0) is 14.8 Å². The van der Waals surface area contributed by atoms with E-state index in [1.807, 2.05) is 23.1 Å². The molecule has 2 fully saturated rings. The van der Waals surface area contributed by atoms with Gasteiger partial charge in [-0.05, 0) is 30.7 Å². The zero-order chi connectivity index (χ0) is 18.6. The number of carbonyl (C=O) groups excluding carboxylic acids is 1. The summed E-state index contributed by atoms with van der Waals surface area (Å²) in [5.74, 6) is 0.519. The number of benzene rings is 1. The van der Waals surface area contributed by atoms with Crippen LogP contribution in [0, 0.1) is 5.92 Å². The quantitative estimate of drug-likeness (QED) is 0.755. The first kappa shape index (κ1) is 19.3. The number of nitrogens with one attached hydrogen (secondary N) is 2. The SMILES string of the molecule is CS(=O)(=O)N[C@@H]1CCN(CC(=O)NC(c2ccccc2)C2CCCC2)C1. The van der Waals surface area contributed by atoms with Crippen LogP contribution in [0.1, 0.15) is 43.7 Å². The Bertz CT molecular complexity index is 702. The molecule has 1 amide bonds. The minimum Gasteiger partial charge on any atom is -0.348 e. The molecule has 1 saturated heterocycles. The largest absolute Gasteiger partial charge is 0.348 e. The number of hydrogen-bond acceptors (Lipinski definition) is 4. The molecular formula is C19H29N3O3S. The van der Waals surface area contributed by atoms with Crippen LogP contribution >= 0.6 is 0 Å². The van der Waals surface area contributed by atoms with Gasteiger partial charge in [-0.3, -0.25) is 9.69 Å². The van der Waals surface area contributed by atoms with Crippen molar-refractivity contribution >= 4 is 15.9 Å². The van der Waals surface area contributed by atoms with Crippen molar-refractivity contribution in [3.63, 3.8) is 0 Å². The van der Waals surface area contributed by atoms with Gasteiger partial charge in [-0.25, -0.2) is 13.1 Å². The number of amides is 1. The molecule has 1 aliphatic heterocycles. The first-order chi connectivity index (χ1) is 12.4. The summed E-state index contributed by atoms with van der Waals surface area (Å²) in [5, 5.41) is 3.25. The average molecular weight is 380 g/mol. The Balaban J connectivity index is 1.57. The molecule has 1 aromatic carbocycles. The second kappa shape index (κ2) is 8.50. The second-order valence-electron chi connectivity index (χ2n) is 7.61. The lowest BCUT2D eigenvalue weighted by Crippen LogP contribution is -2.41. The normalized spacial score (nSPS) is 23.2. The summed E-state index contributed by atoms with van der Waals surface area (Å²) in [6.45, 7) is 1.64. The van der Waals surface area contributed by atoms with Crippen molar-refractivity contribution < 1.29 is 13.2 Å². The molecule has 0 spiro atoms. The molecule has 1 aromatic rings. The molecule has 2 aliphatic rings. The van der Waals surface area contributed by atoms with Gasteiger partial charge in [0.2, 0.25) is 15.9 Å². The fraction of sp³-hybridized carbons (Fsp3) is 0.632. The van der Waals surface area contributed by atoms with Crippen LogP contribution < -0.4 is 10.0 Å². The summed E-state index contributed by atoms with van der Waals surface area (Å²) in [6, 6.07) is 10.2. The Labute approximate surface area is 156 Å². The zero-order valence-electron chi connectivity index (χ0n) is 15.4. The number of likely N-dealkylation sites (tertiary alicyclic amines) is 1. The molecule has 0 radical (unpaired) electrons. The number of nitrogens with zero attached hydrogens (tertiary/aromatic N) is 1. The topological polar surface area (TPSA) is 78.5 Å². The van der Waals surface area contributed by atoms with E-state index >= 15 is 0 Å². The molecule has 26 heavy (non-hydrogen) atoms. The standard InChI is InChI=1S/C19H29N3O3S/c1-26(24,25)21-17-11-12-22(13-17)14-18(23)20-19(16-9-5-6-10-16)15-7-3-2-4-8-15/h2-4,7-8,16-17,19,21H,5-6,9-14H2,1H3,(H,20,23)/t17-,19?/m1/s1. The lowest BCUT2D eigenvalue weighted by Gasteiger charge is -2.26. The van der Waals surface area contributed by atoms with Gasteiger partial charge in [0.05, 0.1) is 18.8 Å². The van der Waals surface area contributed by atoms with Crippen LogP contribution in [0.2, 0.25) is 0 Å². The van der Waals surface area contributed by atoms with E-state index in [9.17, 15) is 13.2 Å². The van der Waals surface area contributed by atoms with Crippen LogP contribution in [0.5, 0.6) is 0 Å². The van der Waals surface area contributed by atoms with Crippen molar-refractivity contribution in [2.45, 2.75) is 44.2 Å². The summed E-state index contributed by atoms with van der Waals surface area (Å²) in [7, 11) is -3.20. The van der Waals surface area contributed by atoms with Crippen LogP contribution in [0.4, 0.5) is 0 Å². The first-order valence-electron chi connectivity index (χ1n) is 9.45. The van der Waals surface area contributed by atoms with Crippen molar-refractivity contribution in [2.24, 2.45) is 5.92 Å². The van der Waals surface area contributed by atoms with Gasteiger partial charge >= 0.3 is 0 Å². The predicted octanol–water partition coefficient (Wildman–Crippen LogP) is 1.66. The highest BCUT2D eigenvalue weighted by Gasteiger charge is 2.30. The molecule has 0 aromatic heterocycles. The van der Waals surface area contributed by atoms with Gasteiger partial charge in [0.15, 0.2) is 0 Å². The van der Waals surface area contributed by atoms with Gasteiger partial charge in [-0.2, -0.15) is 0 Å². The minimum atomic E-state index is -3.20. The molecule has 6 nitrogen and oxygen atoms in total. The average Bonchev–Trinajstić information content (AvgIpc) is 3.24. The Kier molecular flexibility index (Phi) is 6.32. The van der Waals surface area contributed by atoms with E-state index in [-0.39, 0.29) is 18.0 Å². The maximum Gasteiger partial charge on any atom is 0.234 e. The van der Waals surface area contributed by atoms with Crippen molar-refractivity contribution in [1.82, 2.24) is 14.9 Å². The fourth-order valence-corrected chi connectivity index (χ4v) is 5.02. The van der Waals surface area contributed by atoms with E-state index in [4.69, 9.17) is 0 Å². The monoisotopic (exact) mass is 379 g/mol. The highest BCUT2D eigenvalue weighted by molar-refractivity contribution is 7.88. The van der Waals surface area contributed by atoms with Crippen molar-refractivity contribution in [2.75, 3.05) is 25.9 Å². The number of carbonyl (C=O) groups is 1. The van der Waals surface area contributed by atoms with Crippen molar-refractivity contribution in [3.8, 4) is 0 Å². The van der Waals surface area contributed by atoms with Gasteiger partial charge in [0.25, 0.3) is 0 Å². The molecular weight excluding hydrogens is 350 g/mol. The highest BCUT2D eigenvalue weighted by Crippen LogP contribution is 2.35. The molecule has 7 heteroatoms. The van der Waals surface area contributed by atoms with E-state index in [0.717, 1.165) is 25.8 Å². The molecule has 2 N–H and O–H groups in total. The molecule has 1 heterocycles. The summed E-state index contributed by atoms with van der Waals surface area (Å²) < 4.78 is 25.3. The molecule has 144 valence electrons.